The van der Waals surface area contributed by atoms with E-state index in [1.54, 1.807) is 37.3 Å². The summed E-state index contributed by atoms with van der Waals surface area (Å²) in [6, 6.07) is 8.35. The molecule has 0 amide bonds. The lowest BCUT2D eigenvalue weighted by atomic mass is 9.91. The van der Waals surface area contributed by atoms with Crippen molar-refractivity contribution in [2.24, 2.45) is 5.92 Å². The van der Waals surface area contributed by atoms with E-state index in [4.69, 9.17) is 14.2 Å². The summed E-state index contributed by atoms with van der Waals surface area (Å²) in [5.74, 6) is -1.84. The number of alkyl halides is 1. The zero-order valence-electron chi connectivity index (χ0n) is 12.8. The van der Waals surface area contributed by atoms with Crippen molar-refractivity contribution in [1.29, 1.82) is 0 Å². The van der Waals surface area contributed by atoms with Crippen molar-refractivity contribution in [2.75, 3.05) is 6.61 Å². The zero-order valence-corrected chi connectivity index (χ0v) is 12.8. The van der Waals surface area contributed by atoms with Gasteiger partial charge >= 0.3 is 11.9 Å². The van der Waals surface area contributed by atoms with Crippen LogP contribution in [0.4, 0.5) is 4.39 Å². The maximum Gasteiger partial charge on any atom is 0.338 e. The highest BCUT2D eigenvalue weighted by Crippen LogP contribution is 2.29. The smallest absolute Gasteiger partial charge is 0.338 e. The van der Waals surface area contributed by atoms with Crippen LogP contribution < -0.4 is 0 Å². The van der Waals surface area contributed by atoms with Crippen molar-refractivity contribution in [1.82, 2.24) is 0 Å². The predicted octanol–water partition coefficient (Wildman–Crippen LogP) is 1.47. The summed E-state index contributed by atoms with van der Waals surface area (Å²) >= 11 is 0. The van der Waals surface area contributed by atoms with Gasteiger partial charge < -0.3 is 19.3 Å². The number of aliphatic hydroxyl groups is 1. The Balaban J connectivity index is 1.94. The normalized spacial score (nSPS) is 30.5. The molecule has 1 saturated heterocycles. The Kier molecular flexibility index (Phi) is 5.68. The highest BCUT2D eigenvalue weighted by atomic mass is 19.1. The first-order chi connectivity index (χ1) is 10.9. The van der Waals surface area contributed by atoms with Crippen LogP contribution >= 0.6 is 0 Å². The third-order valence-corrected chi connectivity index (χ3v) is 3.72. The highest BCUT2D eigenvalue weighted by molar-refractivity contribution is 5.89. The van der Waals surface area contributed by atoms with Crippen molar-refractivity contribution in [3.8, 4) is 0 Å². The van der Waals surface area contributed by atoms with Crippen LogP contribution in [-0.4, -0.2) is 48.3 Å². The molecule has 7 heteroatoms. The summed E-state index contributed by atoms with van der Waals surface area (Å²) in [6.07, 6.45) is -5.45. The van der Waals surface area contributed by atoms with Gasteiger partial charge in [0.2, 0.25) is 6.36 Å². The maximum atomic E-state index is 13.9. The van der Waals surface area contributed by atoms with Gasteiger partial charge in [-0.15, -0.1) is 0 Å². The van der Waals surface area contributed by atoms with Crippen molar-refractivity contribution < 1.29 is 33.3 Å². The van der Waals surface area contributed by atoms with E-state index in [1.807, 2.05) is 0 Å². The minimum Gasteiger partial charge on any atom is -0.459 e. The number of hydrogen-bond acceptors (Lipinski definition) is 6. The van der Waals surface area contributed by atoms with Gasteiger partial charge in [-0.1, -0.05) is 25.1 Å². The third kappa shape index (κ3) is 4.27. The molecule has 5 atom stereocenters. The number of halogens is 1. The number of esters is 2. The molecule has 6 nitrogen and oxygen atoms in total. The fourth-order valence-corrected chi connectivity index (χ4v) is 2.36. The Morgan fingerprint density at radius 2 is 1.96 bits per heavy atom. The molecule has 23 heavy (non-hydrogen) atoms. The molecule has 0 saturated carbocycles. The van der Waals surface area contributed by atoms with E-state index in [0.29, 0.717) is 5.56 Å². The van der Waals surface area contributed by atoms with E-state index >= 15 is 0 Å². The lowest BCUT2D eigenvalue weighted by Gasteiger charge is -2.39. The minimum atomic E-state index is -1.98. The van der Waals surface area contributed by atoms with Gasteiger partial charge in [-0.05, 0) is 12.1 Å². The first-order valence-electron chi connectivity index (χ1n) is 7.27. The molecule has 0 aromatic heterocycles. The van der Waals surface area contributed by atoms with Gasteiger partial charge in [0.25, 0.3) is 0 Å². The average Bonchev–Trinajstić information content (AvgIpc) is 2.54. The van der Waals surface area contributed by atoms with Gasteiger partial charge in [-0.2, -0.15) is 0 Å². The second-order valence-electron chi connectivity index (χ2n) is 5.41. The molecular weight excluding hydrogens is 307 g/mol. The molecule has 1 aromatic rings. The Hall–Kier alpha value is -1.99. The second kappa shape index (κ2) is 7.52. The van der Waals surface area contributed by atoms with Gasteiger partial charge in [0, 0.05) is 12.8 Å². The van der Waals surface area contributed by atoms with Gasteiger partial charge in [0.05, 0.1) is 5.56 Å². The monoisotopic (exact) mass is 326 g/mol. The summed E-state index contributed by atoms with van der Waals surface area (Å²) < 4.78 is 28.9. The molecule has 3 unspecified atom stereocenters. The fraction of sp³-hybridized carbons (Fsp3) is 0.500. The van der Waals surface area contributed by atoms with Crippen LogP contribution in [-0.2, 0) is 19.0 Å². The van der Waals surface area contributed by atoms with E-state index in [1.165, 1.54) is 0 Å². The van der Waals surface area contributed by atoms with Gasteiger partial charge in [0.15, 0.2) is 6.10 Å². The van der Waals surface area contributed by atoms with E-state index in [0.717, 1.165) is 6.92 Å². The van der Waals surface area contributed by atoms with Crippen LogP contribution in [0.3, 0.4) is 0 Å². The zero-order chi connectivity index (χ0) is 17.0. The average molecular weight is 326 g/mol. The molecule has 0 bridgehead atoms. The van der Waals surface area contributed by atoms with E-state index < -0.39 is 42.5 Å². The molecular formula is C16H19FO6. The van der Waals surface area contributed by atoms with Crippen LogP contribution in [0.5, 0.6) is 0 Å². The predicted molar refractivity (Wildman–Crippen MR) is 77.2 cm³/mol. The first kappa shape index (κ1) is 17.4. The Morgan fingerprint density at radius 1 is 1.30 bits per heavy atom. The highest BCUT2D eigenvalue weighted by Gasteiger charge is 2.45. The molecule has 0 radical (unpaired) electrons. The van der Waals surface area contributed by atoms with Crippen molar-refractivity contribution in [3.63, 3.8) is 0 Å². The number of rotatable bonds is 4. The number of ether oxygens (including phenoxy) is 3. The van der Waals surface area contributed by atoms with Gasteiger partial charge in [-0.25, -0.2) is 9.18 Å². The van der Waals surface area contributed by atoms with Gasteiger partial charge in [0.1, 0.15) is 18.8 Å². The lowest BCUT2D eigenvalue weighted by molar-refractivity contribution is -0.251. The molecule has 1 aliphatic rings. The van der Waals surface area contributed by atoms with Crippen molar-refractivity contribution in [3.05, 3.63) is 35.9 Å². The fourth-order valence-electron chi connectivity index (χ4n) is 2.36. The lowest BCUT2D eigenvalue weighted by Crippen LogP contribution is -2.54. The Morgan fingerprint density at radius 3 is 2.57 bits per heavy atom. The molecule has 1 aromatic carbocycles. The van der Waals surface area contributed by atoms with E-state index in [-0.39, 0.29) is 6.61 Å². The molecule has 1 aliphatic heterocycles. The molecule has 1 fully saturated rings. The van der Waals surface area contributed by atoms with Crippen LogP contribution in [0.1, 0.15) is 24.2 Å². The second-order valence-corrected chi connectivity index (χ2v) is 5.41. The maximum absolute atomic E-state index is 13.9. The molecule has 1 heterocycles. The number of carbonyl (C=O) groups is 2. The molecule has 2 rings (SSSR count). The van der Waals surface area contributed by atoms with Crippen molar-refractivity contribution in [2.45, 2.75) is 38.5 Å². The quantitative estimate of drug-likeness (QED) is 0.844. The number of benzene rings is 1. The topological polar surface area (TPSA) is 82.1 Å². The summed E-state index contributed by atoms with van der Waals surface area (Å²) in [7, 11) is 0. The van der Waals surface area contributed by atoms with E-state index in [2.05, 4.69) is 0 Å². The summed E-state index contributed by atoms with van der Waals surface area (Å²) in [5, 5.41) is 10.1. The number of aliphatic hydroxyl groups excluding tert-OH is 1. The minimum absolute atomic E-state index is 0.209. The first-order valence-corrected chi connectivity index (χ1v) is 7.27. The summed E-state index contributed by atoms with van der Waals surface area (Å²) in [6.45, 7) is 2.52. The van der Waals surface area contributed by atoms with E-state index in [9.17, 15) is 19.1 Å². The molecule has 0 spiro atoms. The third-order valence-electron chi connectivity index (χ3n) is 3.72. The number of hydrogen-bond donors (Lipinski definition) is 1. The van der Waals surface area contributed by atoms with Gasteiger partial charge in [-0.3, -0.25) is 4.79 Å². The van der Waals surface area contributed by atoms with Crippen LogP contribution in [0.2, 0.25) is 0 Å². The van der Waals surface area contributed by atoms with Crippen LogP contribution in [0.25, 0.3) is 0 Å². The molecule has 1 N–H and O–H groups in total. The van der Waals surface area contributed by atoms with Crippen LogP contribution in [0.15, 0.2) is 30.3 Å². The Bertz CT molecular complexity index is 549. The van der Waals surface area contributed by atoms with Crippen LogP contribution in [0, 0.1) is 5.92 Å². The largest absolute Gasteiger partial charge is 0.459 e. The number of carbonyl (C=O) groups excluding carboxylic acids is 2. The molecule has 0 aliphatic carbocycles. The standard InChI is InChI=1S/C16H19FO6/c1-9-12(8-21-16(20)11-6-4-3-5-7-11)23-15(17)14(13(9)19)22-10(2)18/h3-7,9,12-15,19H,8H2,1-2H3/t9-,12?,13?,14?,15+/m1/s1. The summed E-state index contributed by atoms with van der Waals surface area (Å²) in [5.41, 5.74) is 0.367. The Labute approximate surface area is 133 Å². The SMILES string of the molecule is CC(=O)OC1C(O)[C@H](C)C(COC(=O)c2ccccc2)O[C@@H]1F. The van der Waals surface area contributed by atoms with Crippen molar-refractivity contribution >= 4 is 11.9 Å². The molecule has 126 valence electrons. The summed E-state index contributed by atoms with van der Waals surface area (Å²) in [4.78, 5) is 22.8.